The zero-order chi connectivity index (χ0) is 13.9. The summed E-state index contributed by atoms with van der Waals surface area (Å²) in [5.74, 6) is -0.439. The molecule has 2 N–H and O–H groups in total. The van der Waals surface area contributed by atoms with Gasteiger partial charge in [0, 0.05) is 24.4 Å². The Morgan fingerprint density at radius 2 is 2.05 bits per heavy atom. The van der Waals surface area contributed by atoms with Gasteiger partial charge in [0.05, 0.1) is 13.2 Å². The van der Waals surface area contributed by atoms with E-state index in [9.17, 15) is 9.59 Å². The summed E-state index contributed by atoms with van der Waals surface area (Å²) in [5.41, 5.74) is 5.15. The van der Waals surface area contributed by atoms with Gasteiger partial charge in [0.15, 0.2) is 5.13 Å². The smallest absolute Gasteiger partial charge is 0.289 e. The lowest BCUT2D eigenvalue weighted by Gasteiger charge is -2.25. The Kier molecular flexibility index (Phi) is 3.83. The third-order valence-corrected chi connectivity index (χ3v) is 4.16. The fourth-order valence-corrected chi connectivity index (χ4v) is 2.76. The number of hydrogen-bond donors (Lipinski definition) is 2. The summed E-state index contributed by atoms with van der Waals surface area (Å²) in [6.07, 6.45) is 1.80. The lowest BCUT2D eigenvalue weighted by Crippen LogP contribution is -2.42. The van der Waals surface area contributed by atoms with Crippen molar-refractivity contribution in [1.29, 1.82) is 0 Å². The second-order valence-electron chi connectivity index (χ2n) is 4.83. The van der Waals surface area contributed by atoms with Gasteiger partial charge in [-0.1, -0.05) is 0 Å². The number of carbonyl (C=O) groups excluding carboxylic acids is 2. The van der Waals surface area contributed by atoms with Crippen molar-refractivity contribution in [3.8, 4) is 0 Å². The number of carbonyl (C=O) groups is 2. The zero-order valence-corrected chi connectivity index (χ0v) is 11.7. The molecule has 20 heavy (non-hydrogen) atoms. The monoisotopic (exact) mass is 296 g/mol. The third-order valence-electron chi connectivity index (χ3n) is 3.25. The molecular formula is C12H16N4O3S. The van der Waals surface area contributed by atoms with Crippen LogP contribution in [0.5, 0.6) is 0 Å². The molecule has 8 heteroatoms. The van der Waals surface area contributed by atoms with Crippen molar-refractivity contribution in [3.63, 3.8) is 0 Å². The number of thiazole rings is 1. The Morgan fingerprint density at radius 3 is 2.75 bits per heavy atom. The van der Waals surface area contributed by atoms with E-state index in [1.54, 1.807) is 5.38 Å². The molecule has 2 fully saturated rings. The van der Waals surface area contributed by atoms with Crippen molar-refractivity contribution in [2.24, 2.45) is 5.92 Å². The molecule has 1 aromatic rings. The van der Waals surface area contributed by atoms with Gasteiger partial charge in [-0.05, 0) is 12.8 Å². The number of ether oxygens (including phenoxy) is 1. The number of hydrogen-bond acceptors (Lipinski definition) is 6. The highest BCUT2D eigenvalue weighted by Gasteiger charge is 2.30. The van der Waals surface area contributed by atoms with Crippen LogP contribution in [0.3, 0.4) is 0 Å². The van der Waals surface area contributed by atoms with E-state index in [-0.39, 0.29) is 17.7 Å². The minimum Gasteiger partial charge on any atom is -0.378 e. The lowest BCUT2D eigenvalue weighted by atomic mass is 10.4. The van der Waals surface area contributed by atoms with Gasteiger partial charge in [-0.25, -0.2) is 4.98 Å². The van der Waals surface area contributed by atoms with Crippen molar-refractivity contribution in [1.82, 2.24) is 15.8 Å². The van der Waals surface area contributed by atoms with Crippen LogP contribution in [0.15, 0.2) is 5.38 Å². The Labute approximate surface area is 120 Å². The highest BCUT2D eigenvalue weighted by atomic mass is 32.1. The summed E-state index contributed by atoms with van der Waals surface area (Å²) in [6.45, 7) is 2.93. The molecule has 3 rings (SSSR count). The second-order valence-corrected chi connectivity index (χ2v) is 5.67. The number of rotatable bonds is 3. The lowest BCUT2D eigenvalue weighted by molar-refractivity contribution is -0.123. The largest absolute Gasteiger partial charge is 0.378 e. The van der Waals surface area contributed by atoms with Crippen LogP contribution < -0.4 is 15.8 Å². The predicted molar refractivity (Wildman–Crippen MR) is 73.5 cm³/mol. The van der Waals surface area contributed by atoms with E-state index in [2.05, 4.69) is 20.7 Å². The minimum atomic E-state index is -0.380. The molecule has 1 aromatic heterocycles. The van der Waals surface area contributed by atoms with Gasteiger partial charge in [0.1, 0.15) is 5.69 Å². The normalized spacial score (nSPS) is 18.7. The molecule has 0 atom stereocenters. The fraction of sp³-hybridized carbons (Fsp3) is 0.583. The molecule has 0 aromatic carbocycles. The first-order chi connectivity index (χ1) is 9.74. The summed E-state index contributed by atoms with van der Waals surface area (Å²) in [5, 5.41) is 2.51. The van der Waals surface area contributed by atoms with Gasteiger partial charge < -0.3 is 9.64 Å². The Hall–Kier alpha value is -1.67. The van der Waals surface area contributed by atoms with E-state index in [1.165, 1.54) is 11.3 Å². The third kappa shape index (κ3) is 3.07. The number of nitrogens with one attached hydrogen (secondary N) is 2. The standard InChI is InChI=1S/C12H16N4O3S/c17-10(8-1-2-8)14-15-11(18)9-7-20-12(13-9)16-3-5-19-6-4-16/h7-8H,1-6H2,(H,14,17)(H,15,18). The van der Waals surface area contributed by atoms with E-state index in [4.69, 9.17) is 4.74 Å². The maximum Gasteiger partial charge on any atom is 0.289 e. The van der Waals surface area contributed by atoms with Gasteiger partial charge >= 0.3 is 0 Å². The molecule has 0 spiro atoms. The topological polar surface area (TPSA) is 83.6 Å². The fourth-order valence-electron chi connectivity index (χ4n) is 1.90. The number of morpholine rings is 1. The summed E-state index contributed by atoms with van der Waals surface area (Å²) in [4.78, 5) is 29.7. The first-order valence-electron chi connectivity index (χ1n) is 6.62. The van der Waals surface area contributed by atoms with Crippen molar-refractivity contribution >= 4 is 28.3 Å². The average molecular weight is 296 g/mol. The summed E-state index contributed by atoms with van der Waals surface area (Å²) in [7, 11) is 0. The van der Waals surface area contributed by atoms with Crippen LogP contribution in [0.2, 0.25) is 0 Å². The molecule has 0 unspecified atom stereocenters. The minimum absolute atomic E-state index is 0.0645. The zero-order valence-electron chi connectivity index (χ0n) is 10.9. The Balaban J connectivity index is 1.54. The molecule has 0 bridgehead atoms. The molecule has 2 aliphatic rings. The Bertz CT molecular complexity index is 509. The highest BCUT2D eigenvalue weighted by molar-refractivity contribution is 7.13. The van der Waals surface area contributed by atoms with Gasteiger partial charge in [-0.2, -0.15) is 0 Å². The van der Waals surface area contributed by atoms with E-state index in [0.29, 0.717) is 18.9 Å². The molecule has 0 radical (unpaired) electrons. The SMILES string of the molecule is O=C(NNC(=O)C1CC1)c1csc(N2CCOCC2)n1. The van der Waals surface area contributed by atoms with Crippen molar-refractivity contribution in [2.45, 2.75) is 12.8 Å². The van der Waals surface area contributed by atoms with Crippen LogP contribution >= 0.6 is 11.3 Å². The number of amides is 2. The number of aromatic nitrogens is 1. The average Bonchev–Trinajstić information content (AvgIpc) is 3.22. The quantitative estimate of drug-likeness (QED) is 0.776. The summed E-state index contributed by atoms with van der Waals surface area (Å²) in [6, 6.07) is 0. The van der Waals surface area contributed by atoms with Gasteiger partial charge in [-0.15, -0.1) is 11.3 Å². The van der Waals surface area contributed by atoms with Crippen molar-refractivity contribution in [3.05, 3.63) is 11.1 Å². The van der Waals surface area contributed by atoms with Crippen molar-refractivity contribution in [2.75, 3.05) is 31.2 Å². The maximum absolute atomic E-state index is 11.9. The van der Waals surface area contributed by atoms with E-state index < -0.39 is 0 Å². The van der Waals surface area contributed by atoms with E-state index >= 15 is 0 Å². The van der Waals surface area contributed by atoms with Crippen LogP contribution in [0.25, 0.3) is 0 Å². The summed E-state index contributed by atoms with van der Waals surface area (Å²) >= 11 is 1.42. The molecule has 108 valence electrons. The second kappa shape index (κ2) is 5.76. The predicted octanol–water partition coefficient (Wildman–Crippen LogP) is 0.151. The van der Waals surface area contributed by atoms with E-state index in [1.807, 2.05) is 0 Å². The number of anilines is 1. The van der Waals surface area contributed by atoms with Crippen LogP contribution in [-0.4, -0.2) is 43.1 Å². The van der Waals surface area contributed by atoms with E-state index in [0.717, 1.165) is 31.1 Å². The molecular weight excluding hydrogens is 280 g/mol. The summed E-state index contributed by atoms with van der Waals surface area (Å²) < 4.78 is 5.28. The molecule has 1 saturated heterocycles. The number of hydrazine groups is 1. The first-order valence-corrected chi connectivity index (χ1v) is 7.50. The molecule has 2 heterocycles. The van der Waals surface area contributed by atoms with Crippen LogP contribution in [0.1, 0.15) is 23.3 Å². The molecule has 1 aliphatic carbocycles. The molecule has 1 aliphatic heterocycles. The maximum atomic E-state index is 11.9. The Morgan fingerprint density at radius 1 is 1.30 bits per heavy atom. The molecule has 2 amide bonds. The number of nitrogens with zero attached hydrogens (tertiary/aromatic N) is 2. The molecule has 1 saturated carbocycles. The highest BCUT2D eigenvalue weighted by Crippen LogP contribution is 2.28. The van der Waals surface area contributed by atoms with Crippen LogP contribution in [0.4, 0.5) is 5.13 Å². The van der Waals surface area contributed by atoms with Gasteiger partial charge in [0.2, 0.25) is 5.91 Å². The van der Waals surface area contributed by atoms with Crippen LogP contribution in [-0.2, 0) is 9.53 Å². The van der Waals surface area contributed by atoms with Gasteiger partial charge in [0.25, 0.3) is 5.91 Å². The van der Waals surface area contributed by atoms with Gasteiger partial charge in [-0.3, -0.25) is 20.4 Å². The van der Waals surface area contributed by atoms with Crippen molar-refractivity contribution < 1.29 is 14.3 Å². The molecule has 7 nitrogen and oxygen atoms in total. The van der Waals surface area contributed by atoms with Crippen LogP contribution in [0, 0.1) is 5.92 Å². The first kappa shape index (κ1) is 13.3.